The highest BCUT2D eigenvalue weighted by Crippen LogP contribution is 2.30. The van der Waals surface area contributed by atoms with E-state index in [1.54, 1.807) is 13.1 Å². The summed E-state index contributed by atoms with van der Waals surface area (Å²) in [5.41, 5.74) is 10.8. The fourth-order valence-electron chi connectivity index (χ4n) is 2.38. The maximum Gasteiger partial charge on any atom is 0.251 e. The van der Waals surface area contributed by atoms with Crippen molar-refractivity contribution in [1.82, 2.24) is 5.32 Å². The third-order valence-electron chi connectivity index (χ3n) is 3.58. The molecule has 0 fully saturated rings. The van der Waals surface area contributed by atoms with Gasteiger partial charge in [-0.2, -0.15) is 0 Å². The zero-order valence-electron chi connectivity index (χ0n) is 13.2. The number of nitrogen functional groups attached to an aromatic ring is 1. The molecule has 0 saturated carbocycles. The minimum absolute atomic E-state index is 0.130. The fraction of sp³-hybridized carbons (Fsp3) is 0.167. The maximum absolute atomic E-state index is 12.0. The third kappa shape index (κ3) is 2.96. The summed E-state index contributed by atoms with van der Waals surface area (Å²) in [5, 5.41) is 2.65. The summed E-state index contributed by atoms with van der Waals surface area (Å²) in [6.07, 6.45) is 0. The number of nitrogens with one attached hydrogen (secondary N) is 1. The van der Waals surface area contributed by atoms with E-state index in [0.717, 1.165) is 22.4 Å². The first-order valence-electron chi connectivity index (χ1n) is 7.03. The monoisotopic (exact) mass is 295 g/mol. The summed E-state index contributed by atoms with van der Waals surface area (Å²) in [6.45, 7) is 4.14. The normalized spacial score (nSPS) is 10.1. The molecule has 0 radical (unpaired) electrons. The van der Waals surface area contributed by atoms with Gasteiger partial charge in [0.1, 0.15) is 0 Å². The average Bonchev–Trinajstić information content (AvgIpc) is 2.53. The number of nitrogens with two attached hydrogens (primary N) is 1. The molecule has 0 saturated heterocycles. The van der Waals surface area contributed by atoms with Gasteiger partial charge in [0.05, 0.1) is 11.4 Å². The van der Waals surface area contributed by atoms with Gasteiger partial charge in [0.2, 0.25) is 0 Å². The first-order chi connectivity index (χ1) is 10.5. The summed E-state index contributed by atoms with van der Waals surface area (Å²) in [7, 11) is 5.51. The van der Waals surface area contributed by atoms with Crippen LogP contribution in [0.4, 0.5) is 11.4 Å². The molecular formula is C18H21N3O. The summed E-state index contributed by atoms with van der Waals surface area (Å²) < 4.78 is 0. The van der Waals surface area contributed by atoms with Gasteiger partial charge in [0.25, 0.3) is 5.91 Å². The lowest BCUT2D eigenvalue weighted by atomic mass is 9.94. The molecule has 0 aliphatic rings. The lowest BCUT2D eigenvalue weighted by molar-refractivity contribution is 0.0963. The van der Waals surface area contributed by atoms with E-state index in [9.17, 15) is 4.79 Å². The van der Waals surface area contributed by atoms with Gasteiger partial charge in [0, 0.05) is 26.7 Å². The summed E-state index contributed by atoms with van der Waals surface area (Å²) >= 11 is 0. The van der Waals surface area contributed by atoms with Crippen molar-refractivity contribution in [3.63, 3.8) is 0 Å². The number of hydrogen-bond donors (Lipinski definition) is 2. The molecule has 0 unspecified atom stereocenters. The smallest absolute Gasteiger partial charge is 0.251 e. The van der Waals surface area contributed by atoms with Crippen molar-refractivity contribution in [2.45, 2.75) is 0 Å². The van der Waals surface area contributed by atoms with E-state index < -0.39 is 0 Å². The number of nitrogens with zero attached hydrogens (tertiary/aromatic N) is 1. The first kappa shape index (κ1) is 15.6. The number of carbonyl (C=O) groups is 1. The predicted octanol–water partition coefficient (Wildman–Crippen LogP) is 2.76. The molecule has 0 spiro atoms. The highest BCUT2D eigenvalue weighted by atomic mass is 16.1. The van der Waals surface area contributed by atoms with Crippen LogP contribution >= 0.6 is 0 Å². The Labute approximate surface area is 131 Å². The topological polar surface area (TPSA) is 58.4 Å². The molecule has 114 valence electrons. The fourth-order valence-corrected chi connectivity index (χ4v) is 2.38. The Morgan fingerprint density at radius 3 is 2.32 bits per heavy atom. The van der Waals surface area contributed by atoms with Gasteiger partial charge in [0.15, 0.2) is 0 Å². The van der Waals surface area contributed by atoms with Crippen molar-refractivity contribution in [2.75, 3.05) is 31.8 Å². The van der Waals surface area contributed by atoms with E-state index in [4.69, 9.17) is 5.73 Å². The van der Waals surface area contributed by atoms with Gasteiger partial charge < -0.3 is 16.0 Å². The van der Waals surface area contributed by atoms with Crippen LogP contribution in [0.25, 0.3) is 5.57 Å². The van der Waals surface area contributed by atoms with Crippen molar-refractivity contribution in [2.24, 2.45) is 0 Å². The van der Waals surface area contributed by atoms with Gasteiger partial charge in [-0.15, -0.1) is 0 Å². The van der Waals surface area contributed by atoms with Gasteiger partial charge in [-0.05, 0) is 34.9 Å². The van der Waals surface area contributed by atoms with Crippen LogP contribution in [-0.2, 0) is 0 Å². The van der Waals surface area contributed by atoms with Crippen molar-refractivity contribution in [1.29, 1.82) is 0 Å². The molecule has 22 heavy (non-hydrogen) atoms. The van der Waals surface area contributed by atoms with E-state index in [-0.39, 0.29) is 5.91 Å². The summed E-state index contributed by atoms with van der Waals surface area (Å²) in [4.78, 5) is 14.0. The zero-order valence-corrected chi connectivity index (χ0v) is 13.2. The second-order valence-electron chi connectivity index (χ2n) is 5.27. The largest absolute Gasteiger partial charge is 0.397 e. The Morgan fingerprint density at radius 1 is 1.14 bits per heavy atom. The Balaban J connectivity index is 2.45. The number of anilines is 2. The number of benzene rings is 2. The first-order valence-corrected chi connectivity index (χ1v) is 7.03. The lowest BCUT2D eigenvalue weighted by Gasteiger charge is -2.17. The van der Waals surface area contributed by atoms with E-state index in [1.807, 2.05) is 55.4 Å². The molecule has 0 aromatic heterocycles. The molecular weight excluding hydrogens is 274 g/mol. The molecule has 2 aromatic rings. The van der Waals surface area contributed by atoms with Gasteiger partial charge in [-0.3, -0.25) is 4.79 Å². The molecule has 4 nitrogen and oxygen atoms in total. The molecule has 2 aromatic carbocycles. The minimum atomic E-state index is -0.130. The van der Waals surface area contributed by atoms with Crippen LogP contribution < -0.4 is 16.0 Å². The molecule has 0 aliphatic heterocycles. The van der Waals surface area contributed by atoms with Gasteiger partial charge in [-0.1, -0.05) is 30.8 Å². The predicted molar refractivity (Wildman–Crippen MR) is 93.1 cm³/mol. The SMILES string of the molecule is C=C(c1ccc(N(C)C)c(N)c1)c1ccccc1C(=O)NC. The molecule has 0 bridgehead atoms. The Hall–Kier alpha value is -2.75. The second kappa shape index (κ2) is 6.35. The molecule has 4 heteroatoms. The highest BCUT2D eigenvalue weighted by Gasteiger charge is 2.13. The second-order valence-corrected chi connectivity index (χ2v) is 5.27. The standard InChI is InChI=1S/C18H21N3O/c1-12(13-9-10-17(21(3)4)16(19)11-13)14-7-5-6-8-15(14)18(22)20-2/h5-11H,1,19H2,2-4H3,(H,20,22). The van der Waals surface area contributed by atoms with Crippen LogP contribution in [0.2, 0.25) is 0 Å². The number of hydrogen-bond acceptors (Lipinski definition) is 3. The highest BCUT2D eigenvalue weighted by molar-refractivity contribution is 6.00. The van der Waals surface area contributed by atoms with E-state index in [2.05, 4.69) is 11.9 Å². The number of carbonyl (C=O) groups excluding carboxylic acids is 1. The van der Waals surface area contributed by atoms with E-state index in [1.165, 1.54) is 0 Å². The molecule has 2 rings (SSSR count). The summed E-state index contributed by atoms with van der Waals surface area (Å²) in [5.74, 6) is -0.130. The molecule has 1 amide bonds. The molecule has 0 atom stereocenters. The summed E-state index contributed by atoms with van der Waals surface area (Å²) in [6, 6.07) is 13.2. The Bertz CT molecular complexity index is 720. The number of rotatable bonds is 4. The Kier molecular flexibility index (Phi) is 4.51. The zero-order chi connectivity index (χ0) is 16.3. The van der Waals surface area contributed by atoms with Crippen molar-refractivity contribution < 1.29 is 4.79 Å². The average molecular weight is 295 g/mol. The van der Waals surface area contributed by atoms with Crippen LogP contribution in [0.3, 0.4) is 0 Å². The maximum atomic E-state index is 12.0. The van der Waals surface area contributed by atoms with Crippen molar-refractivity contribution >= 4 is 22.9 Å². The number of amides is 1. The van der Waals surface area contributed by atoms with Gasteiger partial charge in [-0.25, -0.2) is 0 Å². The van der Waals surface area contributed by atoms with Crippen molar-refractivity contribution in [3.8, 4) is 0 Å². The minimum Gasteiger partial charge on any atom is -0.397 e. The van der Waals surface area contributed by atoms with Crippen LogP contribution in [-0.4, -0.2) is 27.1 Å². The van der Waals surface area contributed by atoms with Crippen LogP contribution in [0.5, 0.6) is 0 Å². The Morgan fingerprint density at radius 2 is 1.77 bits per heavy atom. The quantitative estimate of drug-likeness (QED) is 0.853. The third-order valence-corrected chi connectivity index (χ3v) is 3.58. The molecule has 3 N–H and O–H groups in total. The lowest BCUT2D eigenvalue weighted by Crippen LogP contribution is -2.19. The van der Waals surface area contributed by atoms with Gasteiger partial charge >= 0.3 is 0 Å². The van der Waals surface area contributed by atoms with E-state index in [0.29, 0.717) is 11.3 Å². The van der Waals surface area contributed by atoms with Crippen LogP contribution in [0.15, 0.2) is 49.0 Å². The van der Waals surface area contributed by atoms with Crippen LogP contribution in [0, 0.1) is 0 Å². The van der Waals surface area contributed by atoms with Crippen LogP contribution in [0.1, 0.15) is 21.5 Å². The van der Waals surface area contributed by atoms with Crippen molar-refractivity contribution in [3.05, 3.63) is 65.7 Å². The molecule has 0 aliphatic carbocycles. The molecule has 0 heterocycles. The van der Waals surface area contributed by atoms with E-state index >= 15 is 0 Å².